The van der Waals surface area contributed by atoms with Crippen LogP contribution in [-0.4, -0.2) is 30.8 Å². The zero-order valence-electron chi connectivity index (χ0n) is 11.5. The fourth-order valence-electron chi connectivity index (χ4n) is 1.66. The fourth-order valence-corrected chi connectivity index (χ4v) is 1.66. The van der Waals surface area contributed by atoms with Crippen molar-refractivity contribution in [1.29, 1.82) is 0 Å². The topological polar surface area (TPSA) is 58.6 Å². The highest BCUT2D eigenvalue weighted by Crippen LogP contribution is 2.19. The van der Waals surface area contributed by atoms with Crippen LogP contribution in [-0.2, 0) is 15.1 Å². The Kier molecular flexibility index (Phi) is 5.73. The van der Waals surface area contributed by atoms with Crippen molar-refractivity contribution in [2.45, 2.75) is 19.4 Å². The van der Waals surface area contributed by atoms with E-state index in [1.54, 1.807) is 6.92 Å². The van der Waals surface area contributed by atoms with Crippen LogP contribution in [0.1, 0.15) is 19.4 Å². The first kappa shape index (κ1) is 15.4. The van der Waals surface area contributed by atoms with Gasteiger partial charge < -0.3 is 15.2 Å². The molecule has 1 atom stereocenters. The van der Waals surface area contributed by atoms with E-state index in [9.17, 15) is 9.90 Å². The third kappa shape index (κ3) is 4.19. The van der Waals surface area contributed by atoms with Gasteiger partial charge in [0.1, 0.15) is 0 Å². The van der Waals surface area contributed by atoms with E-state index in [-0.39, 0.29) is 13.2 Å². The van der Waals surface area contributed by atoms with E-state index in [1.807, 2.05) is 37.3 Å². The molecule has 0 aliphatic carbocycles. The van der Waals surface area contributed by atoms with Gasteiger partial charge in [0.25, 0.3) is 0 Å². The van der Waals surface area contributed by atoms with Crippen LogP contribution in [0.25, 0.3) is 0 Å². The fraction of sp³-hybridized carbons (Fsp3) is 0.400. The lowest BCUT2D eigenvalue weighted by molar-refractivity contribution is -0.138. The molecule has 0 amide bonds. The summed E-state index contributed by atoms with van der Waals surface area (Å²) in [6.45, 7) is 7.83. The predicted octanol–water partition coefficient (Wildman–Crippen LogP) is 1.60. The van der Waals surface area contributed by atoms with Gasteiger partial charge in [-0.1, -0.05) is 36.9 Å². The van der Waals surface area contributed by atoms with E-state index in [0.717, 1.165) is 5.56 Å². The second-order valence-electron chi connectivity index (χ2n) is 4.53. The van der Waals surface area contributed by atoms with E-state index >= 15 is 0 Å². The van der Waals surface area contributed by atoms with Gasteiger partial charge in [0, 0.05) is 12.1 Å². The highest BCUT2D eigenvalue weighted by molar-refractivity contribution is 5.88. The molecular weight excluding hydrogens is 242 g/mol. The van der Waals surface area contributed by atoms with Crippen LogP contribution in [0.4, 0.5) is 0 Å². The summed E-state index contributed by atoms with van der Waals surface area (Å²) in [6.07, 6.45) is 0. The number of hydrogen-bond donors (Lipinski definition) is 2. The van der Waals surface area contributed by atoms with Crippen molar-refractivity contribution in [2.24, 2.45) is 0 Å². The number of nitrogens with one attached hydrogen (secondary N) is 1. The molecule has 0 saturated carbocycles. The number of esters is 1. The van der Waals surface area contributed by atoms with Crippen LogP contribution < -0.4 is 5.32 Å². The molecule has 19 heavy (non-hydrogen) atoms. The average molecular weight is 263 g/mol. The lowest BCUT2D eigenvalue weighted by Gasteiger charge is -2.29. The molecule has 4 heteroatoms. The Balaban J connectivity index is 2.68. The monoisotopic (exact) mass is 263 g/mol. The maximum atomic E-state index is 11.5. The molecule has 0 heterocycles. The van der Waals surface area contributed by atoms with E-state index in [2.05, 4.69) is 11.9 Å². The molecule has 104 valence electrons. The second-order valence-corrected chi connectivity index (χ2v) is 4.53. The highest BCUT2D eigenvalue weighted by atomic mass is 16.5. The van der Waals surface area contributed by atoms with Gasteiger partial charge in [0.05, 0.1) is 18.8 Å². The zero-order valence-corrected chi connectivity index (χ0v) is 11.5. The summed E-state index contributed by atoms with van der Waals surface area (Å²) in [5, 5.41) is 12.7. The summed E-state index contributed by atoms with van der Waals surface area (Å²) in [7, 11) is 0. The van der Waals surface area contributed by atoms with Crippen LogP contribution in [0.2, 0.25) is 0 Å². The molecule has 1 aromatic rings. The molecule has 1 unspecified atom stereocenters. The quantitative estimate of drug-likeness (QED) is 0.579. The number of carbonyl (C=O) groups excluding carboxylic acids is 1. The van der Waals surface area contributed by atoms with Crippen LogP contribution in [0, 0.1) is 0 Å². The first-order valence-electron chi connectivity index (χ1n) is 6.30. The molecule has 0 spiro atoms. The smallest absolute Gasteiger partial charge is 0.334 e. The molecule has 1 rings (SSSR count). The Labute approximate surface area is 114 Å². The first-order valence-corrected chi connectivity index (χ1v) is 6.30. The maximum Gasteiger partial charge on any atom is 0.334 e. The van der Waals surface area contributed by atoms with Crippen LogP contribution in [0.5, 0.6) is 0 Å². The van der Waals surface area contributed by atoms with Gasteiger partial charge in [0.2, 0.25) is 0 Å². The van der Waals surface area contributed by atoms with Gasteiger partial charge in [-0.2, -0.15) is 0 Å². The predicted molar refractivity (Wildman–Crippen MR) is 74.7 cm³/mol. The molecule has 0 aromatic heterocycles. The van der Waals surface area contributed by atoms with Gasteiger partial charge in [0.15, 0.2) is 0 Å². The first-order chi connectivity index (χ1) is 9.03. The van der Waals surface area contributed by atoms with Gasteiger partial charge in [-0.05, 0) is 19.4 Å². The van der Waals surface area contributed by atoms with Crippen molar-refractivity contribution < 1.29 is 14.6 Å². The molecular formula is C15H21NO3. The Hall–Kier alpha value is -1.65. The van der Waals surface area contributed by atoms with Crippen molar-refractivity contribution in [3.63, 3.8) is 0 Å². The number of aliphatic hydroxyl groups excluding tert-OH is 1. The minimum atomic E-state index is -0.614. The van der Waals surface area contributed by atoms with Gasteiger partial charge in [-0.15, -0.1) is 0 Å². The van der Waals surface area contributed by atoms with Crippen molar-refractivity contribution in [1.82, 2.24) is 5.32 Å². The highest BCUT2D eigenvalue weighted by Gasteiger charge is 2.25. The van der Waals surface area contributed by atoms with E-state index in [0.29, 0.717) is 12.2 Å². The van der Waals surface area contributed by atoms with Gasteiger partial charge in [-0.3, -0.25) is 0 Å². The largest absolute Gasteiger partial charge is 0.463 e. The molecule has 1 aromatic carbocycles. The van der Waals surface area contributed by atoms with E-state index in [4.69, 9.17) is 4.74 Å². The molecule has 0 aliphatic rings. The molecule has 0 saturated heterocycles. The Morgan fingerprint density at radius 2 is 2.05 bits per heavy atom. The molecule has 0 fully saturated rings. The molecule has 0 aliphatic heterocycles. The second kappa shape index (κ2) is 7.07. The molecule has 0 radical (unpaired) electrons. The van der Waals surface area contributed by atoms with Crippen LogP contribution in [0.15, 0.2) is 42.5 Å². The Morgan fingerprint density at radius 3 is 2.58 bits per heavy atom. The Morgan fingerprint density at radius 1 is 1.42 bits per heavy atom. The van der Waals surface area contributed by atoms with Gasteiger partial charge in [-0.25, -0.2) is 4.79 Å². The molecule has 4 nitrogen and oxygen atoms in total. The third-order valence-electron chi connectivity index (χ3n) is 2.98. The standard InChI is InChI=1S/C15H21NO3/c1-4-19-14(18)12(2)10-16-15(3,11-17)13-8-6-5-7-9-13/h5-9,16-17H,2,4,10-11H2,1,3H3. The summed E-state index contributed by atoms with van der Waals surface area (Å²) in [5.74, 6) is -0.414. The van der Waals surface area contributed by atoms with Crippen molar-refractivity contribution in [3.05, 3.63) is 48.0 Å². The summed E-state index contributed by atoms with van der Waals surface area (Å²) >= 11 is 0. The minimum Gasteiger partial charge on any atom is -0.463 e. The Bertz CT molecular complexity index is 430. The summed E-state index contributed by atoms with van der Waals surface area (Å²) in [4.78, 5) is 11.5. The van der Waals surface area contributed by atoms with Crippen molar-refractivity contribution in [3.8, 4) is 0 Å². The van der Waals surface area contributed by atoms with Crippen molar-refractivity contribution in [2.75, 3.05) is 19.8 Å². The number of hydrogen-bond acceptors (Lipinski definition) is 4. The number of benzene rings is 1. The van der Waals surface area contributed by atoms with E-state index < -0.39 is 11.5 Å². The zero-order chi connectivity index (χ0) is 14.3. The normalized spacial score (nSPS) is 13.6. The number of rotatable bonds is 7. The number of carbonyl (C=O) groups is 1. The summed E-state index contributed by atoms with van der Waals surface area (Å²) in [6, 6.07) is 9.59. The third-order valence-corrected chi connectivity index (χ3v) is 2.98. The number of aliphatic hydroxyl groups is 1. The van der Waals surface area contributed by atoms with Gasteiger partial charge >= 0.3 is 5.97 Å². The van der Waals surface area contributed by atoms with Crippen LogP contribution >= 0.6 is 0 Å². The summed E-state index contributed by atoms with van der Waals surface area (Å²) in [5.41, 5.74) is 0.683. The minimum absolute atomic E-state index is 0.0763. The molecule has 0 bridgehead atoms. The molecule has 2 N–H and O–H groups in total. The van der Waals surface area contributed by atoms with E-state index in [1.165, 1.54) is 0 Å². The van der Waals surface area contributed by atoms with Crippen LogP contribution in [0.3, 0.4) is 0 Å². The summed E-state index contributed by atoms with van der Waals surface area (Å²) < 4.78 is 4.87. The lowest BCUT2D eigenvalue weighted by atomic mass is 9.92. The van der Waals surface area contributed by atoms with Crippen molar-refractivity contribution >= 4 is 5.97 Å². The lowest BCUT2D eigenvalue weighted by Crippen LogP contribution is -2.44. The average Bonchev–Trinajstić information content (AvgIpc) is 2.45. The number of ether oxygens (including phenoxy) is 1. The SMILES string of the molecule is C=C(CNC(C)(CO)c1ccccc1)C(=O)OCC. The maximum absolute atomic E-state index is 11.5.